The molecule has 0 bridgehead atoms. The average molecular weight is 297 g/mol. The van der Waals surface area contributed by atoms with Gasteiger partial charge in [0.1, 0.15) is 0 Å². The fraction of sp³-hybridized carbons (Fsp3) is 0.500. The van der Waals surface area contributed by atoms with Crippen LogP contribution in [-0.2, 0) is 9.84 Å². The first-order chi connectivity index (χ1) is 9.33. The van der Waals surface area contributed by atoms with Gasteiger partial charge in [-0.2, -0.15) is 0 Å². The number of β-amino-alcohol motifs (C(OH)–C–C–N with tert-alkyl or cyclic N) is 1. The number of hydrogen-bond donors (Lipinski definition) is 1. The van der Waals surface area contributed by atoms with E-state index in [9.17, 15) is 18.3 Å². The molecule has 0 aliphatic carbocycles. The Balaban J connectivity index is 2.29. The number of rotatable bonds is 4. The van der Waals surface area contributed by atoms with Crippen molar-refractivity contribution in [2.24, 2.45) is 0 Å². The van der Waals surface area contributed by atoms with Crippen molar-refractivity contribution in [3.63, 3.8) is 0 Å². The van der Waals surface area contributed by atoms with Gasteiger partial charge in [0.15, 0.2) is 9.84 Å². The van der Waals surface area contributed by atoms with Gasteiger partial charge in [-0.05, 0) is 18.6 Å². The molecule has 1 aliphatic rings. The molecule has 2 rings (SSSR count). The van der Waals surface area contributed by atoms with E-state index in [4.69, 9.17) is 0 Å². The molecule has 6 heteroatoms. The second-order valence-corrected chi connectivity index (χ2v) is 7.39. The molecule has 110 valence electrons. The van der Waals surface area contributed by atoms with Gasteiger partial charge in [-0.3, -0.25) is 4.79 Å². The maximum atomic E-state index is 12.4. The molecular weight excluding hydrogens is 278 g/mol. The minimum atomic E-state index is -3.44. The van der Waals surface area contributed by atoms with E-state index in [1.165, 1.54) is 17.0 Å². The van der Waals surface area contributed by atoms with Gasteiger partial charge in [0.25, 0.3) is 5.91 Å². The van der Waals surface area contributed by atoms with Crippen molar-refractivity contribution in [3.05, 3.63) is 29.8 Å². The quantitative estimate of drug-likeness (QED) is 0.902. The lowest BCUT2D eigenvalue weighted by Gasteiger charge is -2.46. The van der Waals surface area contributed by atoms with Gasteiger partial charge in [0.05, 0.1) is 34.9 Å². The van der Waals surface area contributed by atoms with Gasteiger partial charge < -0.3 is 10.0 Å². The van der Waals surface area contributed by atoms with Crippen molar-refractivity contribution in [2.45, 2.75) is 30.8 Å². The van der Waals surface area contributed by atoms with Gasteiger partial charge in [-0.25, -0.2) is 8.42 Å². The number of aliphatic hydroxyl groups is 1. The molecule has 1 aliphatic heterocycles. The number of likely N-dealkylation sites (tertiary alicyclic amines) is 1. The maximum absolute atomic E-state index is 12.4. The van der Waals surface area contributed by atoms with Gasteiger partial charge in [0.2, 0.25) is 0 Å². The fourth-order valence-electron chi connectivity index (χ4n) is 2.27. The Morgan fingerprint density at radius 1 is 1.30 bits per heavy atom. The summed E-state index contributed by atoms with van der Waals surface area (Å²) in [4.78, 5) is 13.9. The first-order valence-electron chi connectivity index (χ1n) is 6.66. The average Bonchev–Trinajstić information content (AvgIpc) is 2.43. The SMILES string of the molecule is CCC1(O)CN(C(=O)c2ccccc2S(=O)(=O)CC)C1. The highest BCUT2D eigenvalue weighted by Crippen LogP contribution is 2.27. The van der Waals surface area contributed by atoms with Crippen LogP contribution < -0.4 is 0 Å². The van der Waals surface area contributed by atoms with E-state index in [2.05, 4.69) is 0 Å². The summed E-state index contributed by atoms with van der Waals surface area (Å²) in [6, 6.07) is 6.23. The number of benzene rings is 1. The van der Waals surface area contributed by atoms with Crippen LogP contribution in [0.2, 0.25) is 0 Å². The summed E-state index contributed by atoms with van der Waals surface area (Å²) < 4.78 is 24.0. The van der Waals surface area contributed by atoms with E-state index < -0.39 is 15.4 Å². The molecule has 1 saturated heterocycles. The minimum Gasteiger partial charge on any atom is -0.386 e. The molecular formula is C14H19NO4S. The number of carbonyl (C=O) groups excluding carboxylic acids is 1. The second kappa shape index (κ2) is 5.18. The first-order valence-corrected chi connectivity index (χ1v) is 8.31. The number of amides is 1. The Morgan fingerprint density at radius 2 is 1.90 bits per heavy atom. The third kappa shape index (κ3) is 2.58. The first kappa shape index (κ1) is 15.0. The van der Waals surface area contributed by atoms with E-state index >= 15 is 0 Å². The van der Waals surface area contributed by atoms with Crippen molar-refractivity contribution in [1.82, 2.24) is 4.90 Å². The molecule has 0 saturated carbocycles. The van der Waals surface area contributed by atoms with Gasteiger partial charge in [0, 0.05) is 0 Å². The van der Waals surface area contributed by atoms with E-state index in [-0.39, 0.29) is 35.2 Å². The van der Waals surface area contributed by atoms with Crippen LogP contribution in [0, 0.1) is 0 Å². The van der Waals surface area contributed by atoms with Crippen LogP contribution in [-0.4, -0.2) is 48.8 Å². The van der Waals surface area contributed by atoms with E-state index in [1.54, 1.807) is 19.1 Å². The monoisotopic (exact) mass is 297 g/mol. The summed E-state index contributed by atoms with van der Waals surface area (Å²) >= 11 is 0. The third-order valence-electron chi connectivity index (χ3n) is 3.75. The highest BCUT2D eigenvalue weighted by atomic mass is 32.2. The van der Waals surface area contributed by atoms with Crippen LogP contribution in [0.5, 0.6) is 0 Å². The fourth-order valence-corrected chi connectivity index (χ4v) is 3.36. The molecule has 1 aromatic carbocycles. The highest BCUT2D eigenvalue weighted by Gasteiger charge is 2.42. The lowest BCUT2D eigenvalue weighted by molar-refractivity contribution is -0.0827. The molecule has 0 radical (unpaired) electrons. The third-order valence-corrected chi connectivity index (χ3v) is 5.53. The van der Waals surface area contributed by atoms with Crippen LogP contribution >= 0.6 is 0 Å². The Kier molecular flexibility index (Phi) is 3.88. The van der Waals surface area contributed by atoms with Crippen molar-refractivity contribution >= 4 is 15.7 Å². The van der Waals surface area contributed by atoms with E-state index in [1.807, 2.05) is 6.92 Å². The topological polar surface area (TPSA) is 74.7 Å². The minimum absolute atomic E-state index is 0.0454. The lowest BCUT2D eigenvalue weighted by atomic mass is 9.90. The van der Waals surface area contributed by atoms with Gasteiger partial charge in [-0.15, -0.1) is 0 Å². The number of hydrogen-bond acceptors (Lipinski definition) is 4. The predicted molar refractivity (Wildman–Crippen MR) is 75.3 cm³/mol. The molecule has 0 atom stereocenters. The largest absolute Gasteiger partial charge is 0.386 e. The van der Waals surface area contributed by atoms with E-state index in [0.29, 0.717) is 6.42 Å². The molecule has 0 unspecified atom stereocenters. The molecule has 5 nitrogen and oxygen atoms in total. The van der Waals surface area contributed by atoms with Crippen molar-refractivity contribution in [2.75, 3.05) is 18.8 Å². The number of carbonyl (C=O) groups is 1. The molecule has 0 aromatic heterocycles. The summed E-state index contributed by atoms with van der Waals surface area (Å²) in [5.74, 6) is -0.383. The predicted octanol–water partition coefficient (Wildman–Crippen LogP) is 1.08. The Morgan fingerprint density at radius 3 is 2.45 bits per heavy atom. The summed E-state index contributed by atoms with van der Waals surface area (Å²) in [6.07, 6.45) is 0.575. The lowest BCUT2D eigenvalue weighted by Crippen LogP contribution is -2.63. The zero-order chi connectivity index (χ0) is 15.0. The normalized spacial score (nSPS) is 17.6. The van der Waals surface area contributed by atoms with Crippen LogP contribution in [0.15, 0.2) is 29.2 Å². The Hall–Kier alpha value is -1.40. The number of nitrogens with zero attached hydrogens (tertiary/aromatic N) is 1. The summed E-state index contributed by atoms with van der Waals surface area (Å²) in [6.45, 7) is 3.92. The van der Waals surface area contributed by atoms with Crippen LogP contribution in [0.3, 0.4) is 0 Å². The standard InChI is InChI=1S/C14H19NO4S/c1-3-14(17)9-15(10-14)13(16)11-7-5-6-8-12(11)20(18,19)4-2/h5-8,17H,3-4,9-10H2,1-2H3. The smallest absolute Gasteiger partial charge is 0.255 e. The van der Waals surface area contributed by atoms with Gasteiger partial charge >= 0.3 is 0 Å². The molecule has 20 heavy (non-hydrogen) atoms. The van der Waals surface area contributed by atoms with Crippen LogP contribution in [0.4, 0.5) is 0 Å². The van der Waals surface area contributed by atoms with Crippen LogP contribution in [0.1, 0.15) is 30.6 Å². The zero-order valence-electron chi connectivity index (χ0n) is 11.7. The molecule has 1 amide bonds. The molecule has 1 aromatic rings. The molecule has 1 heterocycles. The number of sulfone groups is 1. The zero-order valence-corrected chi connectivity index (χ0v) is 12.5. The Labute approximate surface area is 119 Å². The van der Waals surface area contributed by atoms with E-state index in [0.717, 1.165) is 0 Å². The van der Waals surface area contributed by atoms with Crippen molar-refractivity contribution in [1.29, 1.82) is 0 Å². The second-order valence-electron chi connectivity index (χ2n) is 5.14. The summed E-state index contributed by atoms with van der Waals surface area (Å²) in [7, 11) is -3.44. The highest BCUT2D eigenvalue weighted by molar-refractivity contribution is 7.91. The summed E-state index contributed by atoms with van der Waals surface area (Å²) in [5, 5.41) is 9.95. The summed E-state index contributed by atoms with van der Waals surface area (Å²) in [5.41, 5.74) is -0.638. The van der Waals surface area contributed by atoms with Crippen LogP contribution in [0.25, 0.3) is 0 Å². The van der Waals surface area contributed by atoms with Crippen molar-refractivity contribution in [3.8, 4) is 0 Å². The molecule has 1 N–H and O–H groups in total. The van der Waals surface area contributed by atoms with Gasteiger partial charge in [-0.1, -0.05) is 26.0 Å². The molecule has 1 fully saturated rings. The Bertz CT molecular complexity index is 618. The van der Waals surface area contributed by atoms with Crippen molar-refractivity contribution < 1.29 is 18.3 Å². The molecule has 0 spiro atoms. The maximum Gasteiger partial charge on any atom is 0.255 e.